The smallest absolute Gasteiger partial charge is 0.264 e. The van der Waals surface area contributed by atoms with Crippen LogP contribution in [0.1, 0.15) is 22.2 Å². The molecule has 0 aliphatic heterocycles. The second kappa shape index (κ2) is 6.66. The molecular weight excluding hydrogens is 248 g/mol. The van der Waals surface area contributed by atoms with Crippen molar-refractivity contribution in [2.24, 2.45) is 0 Å². The van der Waals surface area contributed by atoms with E-state index in [0.29, 0.717) is 11.3 Å². The lowest BCUT2D eigenvalue weighted by Crippen LogP contribution is -2.37. The van der Waals surface area contributed by atoms with Gasteiger partial charge in [-0.1, -0.05) is 6.92 Å². The van der Waals surface area contributed by atoms with Crippen LogP contribution in [0.5, 0.6) is 0 Å². The predicted molar refractivity (Wildman–Crippen MR) is 62.7 cm³/mol. The number of halogens is 2. The predicted octanol–water partition coefficient (Wildman–Crippen LogP) is 2.01. The quantitative estimate of drug-likeness (QED) is 0.853. The summed E-state index contributed by atoms with van der Waals surface area (Å²) in [5.41, 5.74) is 0.859. The molecule has 6 heteroatoms. The average Bonchev–Trinajstić information content (AvgIpc) is 2.74. The fraction of sp³-hybridized carbons (Fsp3) is 0.545. The maximum atomic E-state index is 12.3. The molecule has 0 bridgehead atoms. The molecule has 1 amide bonds. The van der Waals surface area contributed by atoms with Crippen molar-refractivity contribution in [1.29, 1.82) is 0 Å². The number of aliphatic hydroxyl groups excluding tert-OH is 1. The van der Waals surface area contributed by atoms with Gasteiger partial charge in [0.1, 0.15) is 0 Å². The Morgan fingerprint density at radius 2 is 2.29 bits per heavy atom. The number of thiophene rings is 1. The molecule has 3 nitrogen and oxygen atoms in total. The van der Waals surface area contributed by atoms with Gasteiger partial charge in [-0.3, -0.25) is 4.79 Å². The van der Waals surface area contributed by atoms with E-state index in [1.54, 1.807) is 5.38 Å². The molecule has 0 spiro atoms. The van der Waals surface area contributed by atoms with Crippen LogP contribution in [0.4, 0.5) is 8.78 Å². The zero-order chi connectivity index (χ0) is 12.8. The third-order valence-electron chi connectivity index (χ3n) is 2.34. The van der Waals surface area contributed by atoms with E-state index >= 15 is 0 Å². The van der Waals surface area contributed by atoms with Crippen LogP contribution < -0.4 is 0 Å². The van der Waals surface area contributed by atoms with E-state index < -0.39 is 18.9 Å². The summed E-state index contributed by atoms with van der Waals surface area (Å²) in [6, 6.07) is 1.82. The number of hydrogen-bond acceptors (Lipinski definition) is 3. The third-order valence-corrected chi connectivity index (χ3v) is 3.28. The molecule has 0 aliphatic carbocycles. The van der Waals surface area contributed by atoms with Crippen LogP contribution in [0.2, 0.25) is 0 Å². The minimum absolute atomic E-state index is 0.0653. The zero-order valence-corrected chi connectivity index (χ0v) is 10.3. The first-order valence-electron chi connectivity index (χ1n) is 5.34. The van der Waals surface area contributed by atoms with Crippen molar-refractivity contribution in [2.75, 3.05) is 19.7 Å². The molecule has 1 aromatic heterocycles. The summed E-state index contributed by atoms with van der Waals surface area (Å²) < 4.78 is 24.6. The summed E-state index contributed by atoms with van der Waals surface area (Å²) in [7, 11) is 0. The molecular formula is C11H15F2NO2S. The lowest BCUT2D eigenvalue weighted by molar-refractivity contribution is 0.0512. The van der Waals surface area contributed by atoms with E-state index in [9.17, 15) is 13.6 Å². The van der Waals surface area contributed by atoms with E-state index in [-0.39, 0.29) is 13.2 Å². The first-order chi connectivity index (χ1) is 8.10. The number of aryl methyl sites for hydroxylation is 1. The molecule has 0 saturated carbocycles. The second-order valence-electron chi connectivity index (χ2n) is 3.49. The number of carbonyl (C=O) groups is 1. The molecule has 0 aliphatic rings. The van der Waals surface area contributed by atoms with Crippen LogP contribution in [-0.4, -0.2) is 42.0 Å². The molecule has 17 heavy (non-hydrogen) atoms. The summed E-state index contributed by atoms with van der Waals surface area (Å²) in [4.78, 5) is 13.5. The molecule has 0 atom stereocenters. The normalized spacial score (nSPS) is 10.9. The van der Waals surface area contributed by atoms with Gasteiger partial charge in [0.25, 0.3) is 12.3 Å². The monoisotopic (exact) mass is 263 g/mol. The largest absolute Gasteiger partial charge is 0.395 e. The Kier molecular flexibility index (Phi) is 5.50. The van der Waals surface area contributed by atoms with Gasteiger partial charge in [0.15, 0.2) is 0 Å². The first-order valence-corrected chi connectivity index (χ1v) is 6.22. The molecule has 0 radical (unpaired) electrons. The van der Waals surface area contributed by atoms with Crippen molar-refractivity contribution in [1.82, 2.24) is 4.90 Å². The molecule has 1 heterocycles. The van der Waals surface area contributed by atoms with Gasteiger partial charge in [-0.05, 0) is 23.4 Å². The number of amides is 1. The second-order valence-corrected chi connectivity index (χ2v) is 4.41. The van der Waals surface area contributed by atoms with Crippen molar-refractivity contribution < 1.29 is 18.7 Å². The average molecular weight is 263 g/mol. The van der Waals surface area contributed by atoms with Crippen molar-refractivity contribution in [3.63, 3.8) is 0 Å². The SMILES string of the molecule is CCc1ccsc1C(=O)N(CCO)CC(F)F. The summed E-state index contributed by atoms with van der Waals surface area (Å²) in [5.74, 6) is -0.425. The maximum absolute atomic E-state index is 12.3. The van der Waals surface area contributed by atoms with E-state index in [2.05, 4.69) is 0 Å². The summed E-state index contributed by atoms with van der Waals surface area (Å²) in [6.07, 6.45) is -1.90. The van der Waals surface area contributed by atoms with Crippen molar-refractivity contribution in [3.8, 4) is 0 Å². The van der Waals surface area contributed by atoms with Gasteiger partial charge in [0.2, 0.25) is 0 Å². The number of carbonyl (C=O) groups excluding carboxylic acids is 1. The molecule has 1 rings (SSSR count). The Balaban J connectivity index is 2.83. The Bertz CT molecular complexity index is 368. The van der Waals surface area contributed by atoms with E-state index in [1.807, 2.05) is 13.0 Å². The minimum Gasteiger partial charge on any atom is -0.395 e. The third kappa shape index (κ3) is 3.74. The van der Waals surface area contributed by atoms with Crippen LogP contribution in [0.3, 0.4) is 0 Å². The van der Waals surface area contributed by atoms with E-state index in [1.165, 1.54) is 11.3 Å². The molecule has 1 aromatic rings. The molecule has 96 valence electrons. The molecule has 0 unspecified atom stereocenters. The van der Waals surface area contributed by atoms with Crippen LogP contribution >= 0.6 is 11.3 Å². The lowest BCUT2D eigenvalue weighted by Gasteiger charge is -2.21. The highest BCUT2D eigenvalue weighted by Gasteiger charge is 2.22. The highest BCUT2D eigenvalue weighted by atomic mass is 32.1. The number of aliphatic hydroxyl groups is 1. The first kappa shape index (κ1) is 14.1. The zero-order valence-electron chi connectivity index (χ0n) is 9.53. The highest BCUT2D eigenvalue weighted by molar-refractivity contribution is 7.12. The summed E-state index contributed by atoms with van der Waals surface area (Å²) in [6.45, 7) is 0.887. The number of alkyl halides is 2. The van der Waals surface area contributed by atoms with Gasteiger partial charge >= 0.3 is 0 Å². The Labute approximate surface area is 103 Å². The highest BCUT2D eigenvalue weighted by Crippen LogP contribution is 2.20. The maximum Gasteiger partial charge on any atom is 0.264 e. The number of nitrogens with zero attached hydrogens (tertiary/aromatic N) is 1. The Morgan fingerprint density at radius 1 is 1.59 bits per heavy atom. The summed E-state index contributed by atoms with van der Waals surface area (Å²) in [5, 5.41) is 10.6. The Morgan fingerprint density at radius 3 is 2.82 bits per heavy atom. The van der Waals surface area contributed by atoms with Gasteiger partial charge in [-0.2, -0.15) is 0 Å². The van der Waals surface area contributed by atoms with Gasteiger partial charge in [0, 0.05) is 6.54 Å². The van der Waals surface area contributed by atoms with Crippen LogP contribution in [0.25, 0.3) is 0 Å². The standard InChI is InChI=1S/C11H15F2NO2S/c1-2-8-3-6-17-10(8)11(16)14(4-5-15)7-9(12)13/h3,6,9,15H,2,4-5,7H2,1H3. The topological polar surface area (TPSA) is 40.5 Å². The van der Waals surface area contributed by atoms with Gasteiger partial charge in [-0.15, -0.1) is 11.3 Å². The van der Waals surface area contributed by atoms with Crippen molar-refractivity contribution in [3.05, 3.63) is 21.9 Å². The van der Waals surface area contributed by atoms with Crippen molar-refractivity contribution in [2.45, 2.75) is 19.8 Å². The minimum atomic E-state index is -2.59. The van der Waals surface area contributed by atoms with Crippen LogP contribution in [0.15, 0.2) is 11.4 Å². The fourth-order valence-corrected chi connectivity index (χ4v) is 2.47. The molecule has 0 saturated heterocycles. The molecule has 1 N–H and O–H groups in total. The fourth-order valence-electron chi connectivity index (χ4n) is 1.51. The van der Waals surface area contributed by atoms with Crippen molar-refractivity contribution >= 4 is 17.2 Å². The van der Waals surface area contributed by atoms with Gasteiger partial charge in [0.05, 0.1) is 18.0 Å². The van der Waals surface area contributed by atoms with Crippen LogP contribution in [0, 0.1) is 0 Å². The molecule has 0 fully saturated rings. The lowest BCUT2D eigenvalue weighted by atomic mass is 10.2. The van der Waals surface area contributed by atoms with Gasteiger partial charge in [-0.25, -0.2) is 8.78 Å². The Hall–Kier alpha value is -1.01. The van der Waals surface area contributed by atoms with Gasteiger partial charge < -0.3 is 10.0 Å². The number of hydrogen-bond donors (Lipinski definition) is 1. The molecule has 0 aromatic carbocycles. The summed E-state index contributed by atoms with van der Waals surface area (Å²) >= 11 is 1.25. The van der Waals surface area contributed by atoms with Crippen LogP contribution in [-0.2, 0) is 6.42 Å². The van der Waals surface area contributed by atoms with E-state index in [4.69, 9.17) is 5.11 Å². The van der Waals surface area contributed by atoms with E-state index in [0.717, 1.165) is 10.5 Å². The number of rotatable bonds is 6.